The van der Waals surface area contributed by atoms with E-state index in [0.29, 0.717) is 0 Å². The van der Waals surface area contributed by atoms with E-state index in [2.05, 4.69) is 48.1 Å². The van der Waals surface area contributed by atoms with Crippen molar-refractivity contribution in [2.45, 2.75) is 34.1 Å². The van der Waals surface area contributed by atoms with Crippen LogP contribution in [0.1, 0.15) is 38.8 Å². The molecule has 0 aliphatic heterocycles. The van der Waals surface area contributed by atoms with Crippen molar-refractivity contribution in [1.29, 1.82) is 0 Å². The molecular formula is C14H23N3. The predicted octanol–water partition coefficient (Wildman–Crippen LogP) is 3.55. The van der Waals surface area contributed by atoms with Gasteiger partial charge in [-0.25, -0.2) is 0 Å². The minimum absolute atomic E-state index is 0.938. The molecule has 0 heterocycles. The van der Waals surface area contributed by atoms with Crippen LogP contribution in [0, 0.1) is 0 Å². The minimum Gasteiger partial charge on any atom is -0.189 e. The zero-order valence-electron chi connectivity index (χ0n) is 11.6. The number of hydrogen-bond donors (Lipinski definition) is 0. The second-order valence-electron chi connectivity index (χ2n) is 3.37. The summed E-state index contributed by atoms with van der Waals surface area (Å²) in [6.07, 6.45) is 1.06. The SMILES string of the molecule is C=NN(C)/N=C(\C)c1ccc(CC)cc1.CC. The Bertz CT molecular complexity index is 352. The summed E-state index contributed by atoms with van der Waals surface area (Å²) < 4.78 is 0. The molecule has 0 spiro atoms. The zero-order chi connectivity index (χ0) is 13.3. The van der Waals surface area contributed by atoms with Gasteiger partial charge in [0.1, 0.15) is 0 Å². The summed E-state index contributed by atoms with van der Waals surface area (Å²) in [7, 11) is 1.76. The second-order valence-corrected chi connectivity index (χ2v) is 3.37. The van der Waals surface area contributed by atoms with Crippen LogP contribution in [0.4, 0.5) is 0 Å². The molecule has 1 aromatic rings. The van der Waals surface area contributed by atoms with Crippen LogP contribution in [0.2, 0.25) is 0 Å². The van der Waals surface area contributed by atoms with Gasteiger partial charge in [-0.3, -0.25) is 0 Å². The van der Waals surface area contributed by atoms with Crippen LogP contribution >= 0.6 is 0 Å². The topological polar surface area (TPSA) is 28.0 Å². The number of rotatable bonds is 4. The zero-order valence-corrected chi connectivity index (χ0v) is 11.6. The third kappa shape index (κ3) is 5.29. The summed E-state index contributed by atoms with van der Waals surface area (Å²) in [5.74, 6) is 0. The number of benzene rings is 1. The van der Waals surface area contributed by atoms with Crippen molar-refractivity contribution in [2.75, 3.05) is 7.05 Å². The van der Waals surface area contributed by atoms with Gasteiger partial charge in [0.15, 0.2) is 0 Å². The fraction of sp³-hybridized carbons (Fsp3) is 0.429. The lowest BCUT2D eigenvalue weighted by Gasteiger charge is -2.07. The molecule has 0 unspecified atom stereocenters. The molecular weight excluding hydrogens is 210 g/mol. The monoisotopic (exact) mass is 233 g/mol. The molecule has 0 saturated heterocycles. The summed E-state index contributed by atoms with van der Waals surface area (Å²) in [6.45, 7) is 11.5. The third-order valence-electron chi connectivity index (χ3n) is 2.28. The molecule has 0 amide bonds. The van der Waals surface area contributed by atoms with Crippen LogP contribution in [-0.4, -0.2) is 24.6 Å². The van der Waals surface area contributed by atoms with E-state index >= 15 is 0 Å². The molecule has 0 bridgehead atoms. The van der Waals surface area contributed by atoms with Crippen LogP contribution < -0.4 is 0 Å². The van der Waals surface area contributed by atoms with Crippen molar-refractivity contribution in [3.05, 3.63) is 35.4 Å². The Balaban J connectivity index is 0.00000121. The first-order chi connectivity index (χ1) is 8.17. The highest BCUT2D eigenvalue weighted by molar-refractivity contribution is 5.98. The fourth-order valence-corrected chi connectivity index (χ4v) is 1.29. The lowest BCUT2D eigenvalue weighted by atomic mass is 10.1. The van der Waals surface area contributed by atoms with Gasteiger partial charge in [0, 0.05) is 13.8 Å². The van der Waals surface area contributed by atoms with E-state index in [1.165, 1.54) is 10.7 Å². The maximum atomic E-state index is 4.24. The summed E-state index contributed by atoms with van der Waals surface area (Å²) >= 11 is 0. The van der Waals surface area contributed by atoms with E-state index in [4.69, 9.17) is 0 Å². The normalized spacial score (nSPS) is 10.3. The molecule has 3 heteroatoms. The van der Waals surface area contributed by atoms with Gasteiger partial charge in [0.05, 0.1) is 5.71 Å². The molecule has 0 aliphatic carbocycles. The van der Waals surface area contributed by atoms with Crippen molar-refractivity contribution in [3.63, 3.8) is 0 Å². The lowest BCUT2D eigenvalue weighted by molar-refractivity contribution is 0.381. The number of nitrogens with zero attached hydrogens (tertiary/aromatic N) is 3. The summed E-state index contributed by atoms with van der Waals surface area (Å²) in [6, 6.07) is 8.40. The van der Waals surface area contributed by atoms with Crippen LogP contribution in [-0.2, 0) is 6.42 Å². The molecule has 1 aromatic carbocycles. The van der Waals surface area contributed by atoms with Gasteiger partial charge in [-0.1, -0.05) is 45.0 Å². The average Bonchev–Trinajstić information content (AvgIpc) is 2.40. The van der Waals surface area contributed by atoms with Gasteiger partial charge in [0.2, 0.25) is 0 Å². The van der Waals surface area contributed by atoms with E-state index in [0.717, 1.165) is 17.7 Å². The quantitative estimate of drug-likeness (QED) is 0.577. The molecule has 0 radical (unpaired) electrons. The Labute approximate surface area is 105 Å². The number of hydrazone groups is 2. The van der Waals surface area contributed by atoms with Gasteiger partial charge in [0.25, 0.3) is 0 Å². The van der Waals surface area contributed by atoms with Crippen LogP contribution in [0.5, 0.6) is 0 Å². The van der Waals surface area contributed by atoms with Gasteiger partial charge in [-0.15, -0.1) is 0 Å². The molecule has 3 nitrogen and oxygen atoms in total. The molecule has 17 heavy (non-hydrogen) atoms. The minimum atomic E-state index is 0.938. The first-order valence-electron chi connectivity index (χ1n) is 6.02. The standard InChI is InChI=1S/C12H17N3.C2H6/c1-5-11-6-8-12(9-7-11)10(2)14-15(4)13-3;1-2/h6-9H,3,5H2,1-2,4H3;1-2H3/b14-10+;. The van der Waals surface area contributed by atoms with Gasteiger partial charge >= 0.3 is 0 Å². The van der Waals surface area contributed by atoms with E-state index in [1.54, 1.807) is 7.05 Å². The largest absolute Gasteiger partial charge is 0.189 e. The molecule has 1 rings (SSSR count). The molecule has 0 fully saturated rings. The van der Waals surface area contributed by atoms with Gasteiger partial charge in [-0.05, 0) is 24.5 Å². The molecule has 94 valence electrons. The average molecular weight is 233 g/mol. The molecule has 0 atom stereocenters. The smallest absolute Gasteiger partial charge is 0.0667 e. The predicted molar refractivity (Wildman–Crippen MR) is 76.7 cm³/mol. The summed E-state index contributed by atoms with van der Waals surface area (Å²) in [4.78, 5) is 0. The number of hydrogen-bond acceptors (Lipinski definition) is 3. The molecule has 0 N–H and O–H groups in total. The molecule has 0 aromatic heterocycles. The van der Waals surface area contributed by atoms with Crippen molar-refractivity contribution < 1.29 is 0 Å². The lowest BCUT2D eigenvalue weighted by Crippen LogP contribution is -2.06. The highest BCUT2D eigenvalue weighted by Crippen LogP contribution is 2.06. The Kier molecular flexibility index (Phi) is 7.68. The second kappa shape index (κ2) is 8.50. The summed E-state index contributed by atoms with van der Waals surface area (Å²) in [5.41, 5.74) is 3.39. The maximum Gasteiger partial charge on any atom is 0.0667 e. The Morgan fingerprint density at radius 3 is 2.18 bits per heavy atom. The third-order valence-corrected chi connectivity index (χ3v) is 2.28. The Hall–Kier alpha value is -1.64. The maximum absolute atomic E-state index is 4.24. The van der Waals surface area contributed by atoms with E-state index < -0.39 is 0 Å². The molecule has 0 saturated carbocycles. The first-order valence-corrected chi connectivity index (χ1v) is 6.02. The summed E-state index contributed by atoms with van der Waals surface area (Å²) in [5, 5.41) is 9.39. The van der Waals surface area contributed by atoms with E-state index in [9.17, 15) is 0 Å². The van der Waals surface area contributed by atoms with Crippen LogP contribution in [0.3, 0.4) is 0 Å². The van der Waals surface area contributed by atoms with E-state index in [-0.39, 0.29) is 0 Å². The van der Waals surface area contributed by atoms with Crippen molar-refractivity contribution in [2.24, 2.45) is 10.2 Å². The van der Waals surface area contributed by atoms with Gasteiger partial charge < -0.3 is 0 Å². The molecule has 0 aliphatic rings. The highest BCUT2D eigenvalue weighted by atomic mass is 15.6. The Morgan fingerprint density at radius 2 is 1.76 bits per heavy atom. The van der Waals surface area contributed by atoms with Crippen molar-refractivity contribution in [3.8, 4) is 0 Å². The first kappa shape index (κ1) is 15.4. The highest BCUT2D eigenvalue weighted by Gasteiger charge is 1.98. The van der Waals surface area contributed by atoms with Crippen LogP contribution in [0.25, 0.3) is 0 Å². The van der Waals surface area contributed by atoms with Crippen molar-refractivity contribution in [1.82, 2.24) is 5.12 Å². The van der Waals surface area contributed by atoms with Gasteiger partial charge in [-0.2, -0.15) is 15.3 Å². The fourth-order valence-electron chi connectivity index (χ4n) is 1.29. The van der Waals surface area contributed by atoms with Crippen molar-refractivity contribution >= 4 is 12.4 Å². The Morgan fingerprint density at radius 1 is 1.24 bits per heavy atom. The van der Waals surface area contributed by atoms with Crippen LogP contribution in [0.15, 0.2) is 34.5 Å². The van der Waals surface area contributed by atoms with E-state index in [1.807, 2.05) is 20.8 Å². The number of aryl methyl sites for hydroxylation is 1.